The number of hydrogen-bond donors (Lipinski definition) is 3. The Morgan fingerprint density at radius 3 is 0.829 bits per heavy atom. The van der Waals surface area contributed by atoms with Gasteiger partial charge in [-0.15, -0.1) is 0 Å². The molecule has 0 amide bonds. The summed E-state index contributed by atoms with van der Waals surface area (Å²) in [5, 5.41) is 10.5. The molecule has 5 atom stereocenters. The summed E-state index contributed by atoms with van der Waals surface area (Å²) in [5.74, 6) is -0.649. The van der Waals surface area contributed by atoms with Crippen molar-refractivity contribution in [3.05, 3.63) is 0 Å². The smallest absolute Gasteiger partial charge is 0.462 e. The molecular formula is C63H122O17P2. The lowest BCUT2D eigenvalue weighted by atomic mass is 10.0. The van der Waals surface area contributed by atoms with Gasteiger partial charge in [-0.3, -0.25) is 37.3 Å². The van der Waals surface area contributed by atoms with Crippen molar-refractivity contribution in [2.24, 2.45) is 11.8 Å². The summed E-state index contributed by atoms with van der Waals surface area (Å²) in [6.45, 7) is 9.40. The van der Waals surface area contributed by atoms with E-state index >= 15 is 0 Å². The molecule has 0 aromatic carbocycles. The first-order valence-electron chi connectivity index (χ1n) is 33.0. The zero-order valence-corrected chi connectivity index (χ0v) is 54.6. The highest BCUT2D eigenvalue weighted by Crippen LogP contribution is 2.45. The maximum absolute atomic E-state index is 13.0. The van der Waals surface area contributed by atoms with E-state index < -0.39 is 97.5 Å². The van der Waals surface area contributed by atoms with Crippen LogP contribution in [0.4, 0.5) is 0 Å². The van der Waals surface area contributed by atoms with Crippen molar-refractivity contribution in [1.29, 1.82) is 0 Å². The Balaban J connectivity index is 5.19. The van der Waals surface area contributed by atoms with Crippen LogP contribution >= 0.6 is 15.6 Å². The van der Waals surface area contributed by atoms with Crippen LogP contribution < -0.4 is 0 Å². The fourth-order valence-electron chi connectivity index (χ4n) is 9.35. The fourth-order valence-corrected chi connectivity index (χ4v) is 10.9. The van der Waals surface area contributed by atoms with E-state index in [1.165, 1.54) is 109 Å². The topological polar surface area (TPSA) is 237 Å². The number of aliphatic hydroxyl groups excluding tert-OH is 1. The Morgan fingerprint density at radius 1 is 0.329 bits per heavy atom. The summed E-state index contributed by atoms with van der Waals surface area (Å²) >= 11 is 0. The lowest BCUT2D eigenvalue weighted by Gasteiger charge is -2.21. The third-order valence-corrected chi connectivity index (χ3v) is 16.4. The van der Waals surface area contributed by atoms with Crippen molar-refractivity contribution < 1.29 is 80.2 Å². The highest BCUT2D eigenvalue weighted by Gasteiger charge is 2.30. The van der Waals surface area contributed by atoms with Crippen molar-refractivity contribution in [3.63, 3.8) is 0 Å². The molecule has 0 bridgehead atoms. The molecule has 0 aliphatic heterocycles. The summed E-state index contributed by atoms with van der Waals surface area (Å²) < 4.78 is 67.8. The zero-order valence-electron chi connectivity index (χ0n) is 52.8. The number of esters is 4. The Bertz CT molecular complexity index is 1620. The van der Waals surface area contributed by atoms with Gasteiger partial charge in [-0.25, -0.2) is 9.13 Å². The number of phosphoric acid groups is 2. The molecule has 2 unspecified atom stereocenters. The first-order valence-corrected chi connectivity index (χ1v) is 36.0. The molecule has 0 radical (unpaired) electrons. The van der Waals surface area contributed by atoms with Gasteiger partial charge in [0.05, 0.1) is 26.4 Å². The largest absolute Gasteiger partial charge is 0.472 e. The van der Waals surface area contributed by atoms with Crippen LogP contribution in [-0.2, 0) is 65.4 Å². The standard InChI is InChI=1S/C63H122O17P2/c1-7-9-11-13-15-27-33-39-45-60(65)73-51-58(79-62(67)47-41-35-28-16-14-12-10-8-2)53-77-81(69,70)75-49-57(64)50-76-82(71,72)78-54-59(52-74-61(66)46-40-34-30-24-26-32-38-44-56(5)6)80-63(68)48-42-36-29-23-21-19-17-18-20-22-25-31-37-43-55(3)4/h55-59,64H,7-54H2,1-6H3,(H,69,70)(H,71,72)/t57-,58+,59+/m0/s1. The van der Waals surface area contributed by atoms with E-state index in [1.807, 2.05) is 0 Å². The van der Waals surface area contributed by atoms with Crippen LogP contribution in [0.25, 0.3) is 0 Å². The molecule has 0 spiro atoms. The van der Waals surface area contributed by atoms with Gasteiger partial charge in [-0.1, -0.05) is 260 Å². The first-order chi connectivity index (χ1) is 39.4. The fraction of sp³-hybridized carbons (Fsp3) is 0.937. The number of carbonyl (C=O) groups is 4. The number of unbranched alkanes of at least 4 members (excludes halogenated alkanes) is 32. The molecule has 82 heavy (non-hydrogen) atoms. The van der Waals surface area contributed by atoms with Gasteiger partial charge in [0.15, 0.2) is 12.2 Å². The minimum atomic E-state index is -4.94. The van der Waals surface area contributed by atoms with Crippen LogP contribution in [0.1, 0.15) is 311 Å². The number of phosphoric ester groups is 2. The molecule has 0 fully saturated rings. The van der Waals surface area contributed by atoms with Gasteiger partial charge in [-0.05, 0) is 37.5 Å². The van der Waals surface area contributed by atoms with E-state index in [0.717, 1.165) is 115 Å². The second kappa shape index (κ2) is 55.6. The van der Waals surface area contributed by atoms with E-state index in [-0.39, 0.29) is 25.7 Å². The number of aliphatic hydroxyl groups is 1. The summed E-state index contributed by atoms with van der Waals surface area (Å²) in [6.07, 6.45) is 37.7. The van der Waals surface area contributed by atoms with Crippen LogP contribution in [0.3, 0.4) is 0 Å². The molecule has 3 N–H and O–H groups in total. The zero-order chi connectivity index (χ0) is 60.8. The summed E-state index contributed by atoms with van der Waals surface area (Å²) in [5.41, 5.74) is 0. The van der Waals surface area contributed by atoms with Crippen LogP contribution in [0, 0.1) is 11.8 Å². The number of carbonyl (C=O) groups excluding carboxylic acids is 4. The summed E-state index contributed by atoms with van der Waals surface area (Å²) in [7, 11) is -9.88. The van der Waals surface area contributed by atoms with Crippen molar-refractivity contribution >= 4 is 39.5 Å². The average Bonchev–Trinajstić information content (AvgIpc) is 3.45. The quantitative estimate of drug-likeness (QED) is 0.0222. The van der Waals surface area contributed by atoms with Crippen molar-refractivity contribution in [2.45, 2.75) is 330 Å². The van der Waals surface area contributed by atoms with Crippen LogP contribution in [-0.4, -0.2) is 96.7 Å². The van der Waals surface area contributed by atoms with Gasteiger partial charge in [0.1, 0.15) is 19.3 Å². The normalized spacial score (nSPS) is 14.3. The van der Waals surface area contributed by atoms with Gasteiger partial charge >= 0.3 is 39.5 Å². The third-order valence-electron chi connectivity index (χ3n) is 14.5. The Labute approximate surface area is 498 Å². The molecule has 19 heteroatoms. The van der Waals surface area contributed by atoms with E-state index in [9.17, 15) is 43.2 Å². The van der Waals surface area contributed by atoms with Gasteiger partial charge in [-0.2, -0.15) is 0 Å². The minimum Gasteiger partial charge on any atom is -0.462 e. The lowest BCUT2D eigenvalue weighted by Crippen LogP contribution is -2.30. The molecule has 0 saturated carbocycles. The van der Waals surface area contributed by atoms with Gasteiger partial charge in [0, 0.05) is 25.7 Å². The van der Waals surface area contributed by atoms with E-state index in [4.69, 9.17) is 37.0 Å². The second-order valence-electron chi connectivity index (χ2n) is 23.7. The van der Waals surface area contributed by atoms with Gasteiger partial charge in [0.25, 0.3) is 0 Å². The maximum atomic E-state index is 13.0. The van der Waals surface area contributed by atoms with Crippen LogP contribution in [0.15, 0.2) is 0 Å². The van der Waals surface area contributed by atoms with Crippen LogP contribution in [0.5, 0.6) is 0 Å². The predicted molar refractivity (Wildman–Crippen MR) is 326 cm³/mol. The van der Waals surface area contributed by atoms with Crippen LogP contribution in [0.2, 0.25) is 0 Å². The highest BCUT2D eigenvalue weighted by atomic mass is 31.2. The predicted octanol–water partition coefficient (Wildman–Crippen LogP) is 17.3. The molecule has 0 aromatic rings. The first kappa shape index (κ1) is 80.1. The SMILES string of the molecule is CCCCCCCCCCC(=O)OC[C@H](COP(=O)(O)OC[C@H](O)COP(=O)(O)OC[C@@H](COC(=O)CCCCCCCCCC(C)C)OC(=O)CCCCCCCCCCCCCCCC(C)C)OC(=O)CCCCCCCCCC. The number of ether oxygens (including phenoxy) is 4. The minimum absolute atomic E-state index is 0.104. The lowest BCUT2D eigenvalue weighted by molar-refractivity contribution is -0.161. The maximum Gasteiger partial charge on any atom is 0.472 e. The Kier molecular flexibility index (Phi) is 54.3. The van der Waals surface area contributed by atoms with Gasteiger partial charge < -0.3 is 33.8 Å². The molecule has 0 saturated heterocycles. The Hall–Kier alpha value is -1.94. The molecule has 17 nitrogen and oxygen atoms in total. The second-order valence-corrected chi connectivity index (χ2v) is 26.7. The third kappa shape index (κ3) is 57.2. The number of hydrogen-bond acceptors (Lipinski definition) is 15. The molecular weight excluding hydrogens is 1090 g/mol. The monoisotopic (exact) mass is 1210 g/mol. The molecule has 486 valence electrons. The molecule has 0 aromatic heterocycles. The average molecular weight is 1210 g/mol. The van der Waals surface area contributed by atoms with E-state index in [2.05, 4.69) is 41.5 Å². The molecule has 0 rings (SSSR count). The molecule has 0 aliphatic rings. The van der Waals surface area contributed by atoms with Crippen molar-refractivity contribution in [3.8, 4) is 0 Å². The summed E-state index contributed by atoms with van der Waals surface area (Å²) in [4.78, 5) is 72.0. The number of rotatable bonds is 62. The van der Waals surface area contributed by atoms with E-state index in [1.54, 1.807) is 0 Å². The van der Waals surface area contributed by atoms with Gasteiger partial charge in [0.2, 0.25) is 0 Å². The Morgan fingerprint density at radius 2 is 0.561 bits per heavy atom. The molecule has 0 aliphatic carbocycles. The summed E-state index contributed by atoms with van der Waals surface area (Å²) in [6, 6.07) is 0. The van der Waals surface area contributed by atoms with Crippen molar-refractivity contribution in [1.82, 2.24) is 0 Å². The highest BCUT2D eigenvalue weighted by molar-refractivity contribution is 7.47. The van der Waals surface area contributed by atoms with E-state index in [0.29, 0.717) is 31.6 Å². The van der Waals surface area contributed by atoms with Crippen molar-refractivity contribution in [2.75, 3.05) is 39.6 Å². The molecule has 0 heterocycles.